The first kappa shape index (κ1) is 28.9. The van der Waals surface area contributed by atoms with Crippen LogP contribution in [0.2, 0.25) is 0 Å². The molecular weight excluding hydrogens is 559 g/mol. The van der Waals surface area contributed by atoms with Crippen molar-refractivity contribution in [3.63, 3.8) is 0 Å². The first-order valence-electron chi connectivity index (χ1n) is 11.5. The number of pyridine rings is 1. The molecule has 0 spiro atoms. The number of imidazole rings is 1. The van der Waals surface area contributed by atoms with Gasteiger partial charge in [0.1, 0.15) is 5.82 Å². The highest BCUT2D eigenvalue weighted by atomic mass is 19.4. The van der Waals surface area contributed by atoms with E-state index in [9.17, 15) is 35.5 Å². The highest BCUT2D eigenvalue weighted by Gasteiger charge is 2.33. The number of aryl methyl sites for hydroxylation is 2. The molecule has 0 aliphatic rings. The van der Waals surface area contributed by atoms with Crippen molar-refractivity contribution in [3.8, 4) is 23.3 Å². The van der Waals surface area contributed by atoms with Crippen molar-refractivity contribution in [2.75, 3.05) is 11.1 Å². The second-order valence-corrected chi connectivity index (χ2v) is 8.69. The Morgan fingerprint density at radius 1 is 1.00 bits per heavy atom. The number of nitrogens with one attached hydrogen (secondary N) is 1. The number of hydrogen-bond donors (Lipinski definition) is 2. The van der Waals surface area contributed by atoms with Crippen LogP contribution in [0.3, 0.4) is 0 Å². The zero-order valence-corrected chi connectivity index (χ0v) is 21.1. The third kappa shape index (κ3) is 7.13. The van der Waals surface area contributed by atoms with Gasteiger partial charge in [0.15, 0.2) is 11.6 Å². The predicted octanol–water partition coefficient (Wildman–Crippen LogP) is 6.17. The van der Waals surface area contributed by atoms with Crippen LogP contribution in [0.4, 0.5) is 42.2 Å². The topological polar surface area (TPSA) is 95.1 Å². The van der Waals surface area contributed by atoms with Gasteiger partial charge in [-0.05, 0) is 49.7 Å². The molecule has 41 heavy (non-hydrogen) atoms. The first-order valence-corrected chi connectivity index (χ1v) is 11.5. The second-order valence-electron chi connectivity index (χ2n) is 8.69. The first-order chi connectivity index (χ1) is 19.1. The molecule has 3 N–H and O–H groups in total. The molecule has 2 aromatic carbocycles. The second kappa shape index (κ2) is 10.8. The Balaban J connectivity index is 1.66. The number of carbonyl (C=O) groups is 1. The van der Waals surface area contributed by atoms with E-state index in [0.29, 0.717) is 11.8 Å². The zero-order valence-electron chi connectivity index (χ0n) is 21.1. The van der Waals surface area contributed by atoms with Gasteiger partial charge < -0.3 is 20.4 Å². The summed E-state index contributed by atoms with van der Waals surface area (Å²) in [5.41, 5.74) is 4.51. The standard InChI is InChI=1S/C27H18F7N5O2/c1-14-5-22(28)21(7-17(14)4-3-16-6-23(24(35)36-11-16)41-27(32,33)34)25(40)38-19-8-18(26(29,30)31)9-20(10-19)39-12-15(2)37-13-39/h5-13H,1-2H3,(H2,35,36)(H,38,40). The third-order valence-electron chi connectivity index (χ3n) is 5.52. The number of aromatic nitrogens is 3. The van der Waals surface area contributed by atoms with Gasteiger partial charge >= 0.3 is 12.5 Å². The van der Waals surface area contributed by atoms with E-state index in [-0.39, 0.29) is 28.1 Å². The van der Waals surface area contributed by atoms with E-state index >= 15 is 0 Å². The van der Waals surface area contributed by atoms with Crippen LogP contribution in [-0.4, -0.2) is 26.8 Å². The number of nitrogens with zero attached hydrogens (tertiary/aromatic N) is 3. The Hall–Kier alpha value is -5.06. The van der Waals surface area contributed by atoms with Crippen LogP contribution in [0.15, 0.2) is 55.1 Å². The smallest absolute Gasteiger partial charge is 0.402 e. The number of amides is 1. The largest absolute Gasteiger partial charge is 0.573 e. The maximum absolute atomic E-state index is 14.8. The lowest BCUT2D eigenvalue weighted by Gasteiger charge is -2.14. The molecule has 0 radical (unpaired) electrons. The van der Waals surface area contributed by atoms with Crippen LogP contribution in [0.5, 0.6) is 5.75 Å². The van der Waals surface area contributed by atoms with E-state index < -0.39 is 47.0 Å². The maximum Gasteiger partial charge on any atom is 0.573 e. The van der Waals surface area contributed by atoms with Crippen molar-refractivity contribution in [1.29, 1.82) is 0 Å². The highest BCUT2D eigenvalue weighted by Crippen LogP contribution is 2.33. The number of ether oxygens (including phenoxy) is 1. The minimum atomic E-state index is -5.02. The number of rotatable bonds is 4. The Labute approximate surface area is 227 Å². The molecular formula is C27H18F7N5O2. The van der Waals surface area contributed by atoms with Gasteiger partial charge in [0.2, 0.25) is 0 Å². The van der Waals surface area contributed by atoms with Gasteiger partial charge in [0, 0.05) is 41.0 Å². The van der Waals surface area contributed by atoms with Crippen LogP contribution < -0.4 is 15.8 Å². The monoisotopic (exact) mass is 577 g/mol. The summed E-state index contributed by atoms with van der Waals surface area (Å²) in [6.07, 6.45) is -5.89. The molecule has 7 nitrogen and oxygen atoms in total. The van der Waals surface area contributed by atoms with Gasteiger partial charge in [-0.1, -0.05) is 11.8 Å². The molecule has 0 fully saturated rings. The van der Waals surface area contributed by atoms with Gasteiger partial charge in [0.05, 0.1) is 23.1 Å². The molecule has 2 aromatic heterocycles. The number of benzene rings is 2. The minimum absolute atomic E-state index is 0.0283. The summed E-state index contributed by atoms with van der Waals surface area (Å²) in [7, 11) is 0. The summed E-state index contributed by atoms with van der Waals surface area (Å²) in [6, 6.07) is 5.79. The molecule has 1 amide bonds. The summed E-state index contributed by atoms with van der Waals surface area (Å²) in [5.74, 6) is 1.82. The summed E-state index contributed by atoms with van der Waals surface area (Å²) in [5, 5.41) is 2.28. The molecule has 0 atom stereocenters. The van der Waals surface area contributed by atoms with E-state index in [2.05, 4.69) is 31.9 Å². The van der Waals surface area contributed by atoms with Crippen LogP contribution in [0.1, 0.15) is 38.3 Å². The number of nitrogens with two attached hydrogens (primary N) is 1. The average Bonchev–Trinajstić information content (AvgIpc) is 3.30. The van der Waals surface area contributed by atoms with Crippen LogP contribution in [0, 0.1) is 31.5 Å². The fourth-order valence-electron chi connectivity index (χ4n) is 3.61. The molecule has 212 valence electrons. The summed E-state index contributed by atoms with van der Waals surface area (Å²) < 4.78 is 98.3. The summed E-state index contributed by atoms with van der Waals surface area (Å²) in [4.78, 5) is 20.5. The van der Waals surface area contributed by atoms with Gasteiger partial charge in [0.25, 0.3) is 5.91 Å². The van der Waals surface area contributed by atoms with Crippen molar-refractivity contribution >= 4 is 17.4 Å². The molecule has 2 heterocycles. The quantitative estimate of drug-likeness (QED) is 0.223. The molecule has 4 rings (SSSR count). The van der Waals surface area contributed by atoms with Crippen molar-refractivity contribution in [3.05, 3.63) is 94.4 Å². The van der Waals surface area contributed by atoms with Gasteiger partial charge in [-0.15, -0.1) is 13.2 Å². The van der Waals surface area contributed by atoms with E-state index in [4.69, 9.17) is 5.73 Å². The lowest BCUT2D eigenvalue weighted by molar-refractivity contribution is -0.274. The Bertz CT molecular complexity index is 1700. The Kier molecular flexibility index (Phi) is 7.65. The summed E-state index contributed by atoms with van der Waals surface area (Å²) >= 11 is 0. The lowest BCUT2D eigenvalue weighted by Crippen LogP contribution is -2.18. The average molecular weight is 577 g/mol. The number of nitrogen functional groups attached to an aromatic ring is 1. The number of anilines is 2. The fourth-order valence-corrected chi connectivity index (χ4v) is 3.61. The zero-order chi connectivity index (χ0) is 30.1. The normalized spacial score (nSPS) is 11.5. The van der Waals surface area contributed by atoms with E-state index in [1.807, 2.05) is 0 Å². The molecule has 0 aliphatic heterocycles. The molecule has 4 aromatic rings. The van der Waals surface area contributed by atoms with Crippen LogP contribution in [-0.2, 0) is 6.18 Å². The molecule has 0 saturated heterocycles. The van der Waals surface area contributed by atoms with Crippen molar-refractivity contribution in [2.45, 2.75) is 26.4 Å². The van der Waals surface area contributed by atoms with Crippen LogP contribution >= 0.6 is 0 Å². The highest BCUT2D eigenvalue weighted by molar-refractivity contribution is 6.05. The van der Waals surface area contributed by atoms with Crippen molar-refractivity contribution in [1.82, 2.24) is 14.5 Å². The SMILES string of the molecule is Cc1cn(-c2cc(NC(=O)c3cc(C#Cc4cnc(N)c(OC(F)(F)F)c4)c(C)cc3F)cc(C(F)(F)F)c2)cn1. The third-order valence-corrected chi connectivity index (χ3v) is 5.52. The molecule has 0 aliphatic carbocycles. The van der Waals surface area contributed by atoms with Gasteiger partial charge in [-0.3, -0.25) is 4.79 Å². The number of halogens is 7. The van der Waals surface area contributed by atoms with Gasteiger partial charge in [-0.2, -0.15) is 13.2 Å². The van der Waals surface area contributed by atoms with E-state index in [0.717, 1.165) is 30.5 Å². The number of alkyl halides is 6. The molecule has 14 heteroatoms. The van der Waals surface area contributed by atoms with Gasteiger partial charge in [-0.25, -0.2) is 14.4 Å². The predicted molar refractivity (Wildman–Crippen MR) is 134 cm³/mol. The minimum Gasteiger partial charge on any atom is -0.402 e. The molecule has 0 saturated carbocycles. The molecule has 0 bridgehead atoms. The van der Waals surface area contributed by atoms with Crippen molar-refractivity contribution in [2.24, 2.45) is 0 Å². The molecule has 0 unspecified atom stereocenters. The van der Waals surface area contributed by atoms with E-state index in [1.54, 1.807) is 6.92 Å². The van der Waals surface area contributed by atoms with Crippen molar-refractivity contribution < 1.29 is 40.3 Å². The Morgan fingerprint density at radius 2 is 1.73 bits per heavy atom. The number of carbonyl (C=O) groups excluding carboxylic acids is 1. The van der Waals surface area contributed by atoms with Crippen LogP contribution in [0.25, 0.3) is 5.69 Å². The Morgan fingerprint density at radius 3 is 2.37 bits per heavy atom. The fraction of sp³-hybridized carbons (Fsp3) is 0.148. The summed E-state index contributed by atoms with van der Waals surface area (Å²) in [6.45, 7) is 3.12. The maximum atomic E-state index is 14.8. The lowest BCUT2D eigenvalue weighted by atomic mass is 10.0. The van der Waals surface area contributed by atoms with E-state index in [1.165, 1.54) is 30.1 Å². The number of hydrogen-bond acceptors (Lipinski definition) is 5.